The topological polar surface area (TPSA) is 61.9 Å². The fraction of sp³-hybridized carbons (Fsp3) is 0.500. The van der Waals surface area contributed by atoms with Gasteiger partial charge in [-0.25, -0.2) is 0 Å². The number of rotatable bonds is 9. The number of hydrogen-bond donors (Lipinski definition) is 1. The zero-order chi connectivity index (χ0) is 24.8. The molecule has 2 fully saturated rings. The van der Waals surface area contributed by atoms with Crippen LogP contribution in [0.15, 0.2) is 53.0 Å². The molecule has 2 heterocycles. The molecule has 6 nitrogen and oxygen atoms in total. The number of likely N-dealkylation sites (tertiary alicyclic amines) is 2. The van der Waals surface area contributed by atoms with Crippen molar-refractivity contribution >= 4 is 27.7 Å². The first-order chi connectivity index (χ1) is 16.9. The maximum Gasteiger partial charge on any atom is 0.229 e. The van der Waals surface area contributed by atoms with Gasteiger partial charge in [-0.15, -0.1) is 0 Å². The highest BCUT2D eigenvalue weighted by Gasteiger charge is 2.47. The lowest BCUT2D eigenvalue weighted by atomic mass is 9.77. The summed E-state index contributed by atoms with van der Waals surface area (Å²) >= 11 is 3.48. The van der Waals surface area contributed by atoms with Crippen molar-refractivity contribution in [2.24, 2.45) is 5.41 Å². The standard InChI is InChI=1S/C28H36BrN3O3/c1-3-26(33)30-24(23-6-4-5-7-25(23)35-2)12-16-31-17-13-28(14-18-31)15-19-32(27(28)34)20-21-8-10-22(29)11-9-21/h4-11,24H,3,12-20H2,1-2H3,(H,30,33). The third kappa shape index (κ3) is 6.07. The Balaban J connectivity index is 1.33. The minimum Gasteiger partial charge on any atom is -0.496 e. The monoisotopic (exact) mass is 541 g/mol. The number of ether oxygens (including phenoxy) is 1. The summed E-state index contributed by atoms with van der Waals surface area (Å²) in [5, 5.41) is 3.18. The second kappa shape index (κ2) is 11.6. The molecule has 2 saturated heterocycles. The Labute approximate surface area is 217 Å². The number of piperidine rings is 1. The van der Waals surface area contributed by atoms with Crippen molar-refractivity contribution in [1.29, 1.82) is 0 Å². The van der Waals surface area contributed by atoms with E-state index in [1.165, 1.54) is 5.56 Å². The maximum absolute atomic E-state index is 13.4. The van der Waals surface area contributed by atoms with Crippen molar-refractivity contribution < 1.29 is 14.3 Å². The molecule has 4 rings (SSSR count). The number of nitrogens with zero attached hydrogens (tertiary/aromatic N) is 2. The molecule has 188 valence electrons. The van der Waals surface area contributed by atoms with E-state index < -0.39 is 0 Å². The van der Waals surface area contributed by atoms with Crippen LogP contribution < -0.4 is 10.1 Å². The van der Waals surface area contributed by atoms with E-state index in [-0.39, 0.29) is 17.4 Å². The highest BCUT2D eigenvalue weighted by molar-refractivity contribution is 9.10. The molecule has 35 heavy (non-hydrogen) atoms. The molecule has 1 atom stereocenters. The molecule has 2 aromatic carbocycles. The van der Waals surface area contributed by atoms with Gasteiger partial charge in [-0.2, -0.15) is 0 Å². The van der Waals surface area contributed by atoms with Gasteiger partial charge in [0.15, 0.2) is 0 Å². The van der Waals surface area contributed by atoms with Crippen LogP contribution in [0.1, 0.15) is 56.2 Å². The van der Waals surface area contributed by atoms with Gasteiger partial charge in [-0.1, -0.05) is 53.2 Å². The van der Waals surface area contributed by atoms with Crippen LogP contribution in [0.3, 0.4) is 0 Å². The largest absolute Gasteiger partial charge is 0.496 e. The zero-order valence-corrected chi connectivity index (χ0v) is 22.4. The van der Waals surface area contributed by atoms with Crippen molar-refractivity contribution in [2.45, 2.75) is 51.6 Å². The summed E-state index contributed by atoms with van der Waals surface area (Å²) in [5.74, 6) is 1.16. The molecule has 0 aromatic heterocycles. The average molecular weight is 543 g/mol. The molecule has 0 radical (unpaired) electrons. The SMILES string of the molecule is CCC(=O)NC(CCN1CCC2(CC1)CCN(Cc1ccc(Br)cc1)C2=O)c1ccccc1OC. The van der Waals surface area contributed by atoms with E-state index in [9.17, 15) is 9.59 Å². The molecule has 2 aliphatic rings. The Kier molecular flexibility index (Phi) is 8.50. The van der Waals surface area contributed by atoms with Crippen LogP contribution in [0, 0.1) is 5.41 Å². The van der Waals surface area contributed by atoms with E-state index in [1.54, 1.807) is 7.11 Å². The van der Waals surface area contributed by atoms with Gasteiger partial charge in [0, 0.05) is 36.1 Å². The van der Waals surface area contributed by atoms with Crippen molar-refractivity contribution in [1.82, 2.24) is 15.1 Å². The molecule has 7 heteroatoms. The maximum atomic E-state index is 13.4. The first-order valence-electron chi connectivity index (χ1n) is 12.6. The molecule has 0 bridgehead atoms. The number of benzene rings is 2. The van der Waals surface area contributed by atoms with E-state index in [2.05, 4.69) is 38.3 Å². The molecular formula is C28H36BrN3O3. The summed E-state index contributed by atoms with van der Waals surface area (Å²) in [4.78, 5) is 30.1. The molecule has 2 aromatic rings. The lowest BCUT2D eigenvalue weighted by Gasteiger charge is -2.38. The minimum atomic E-state index is -0.204. The van der Waals surface area contributed by atoms with Gasteiger partial charge >= 0.3 is 0 Å². The van der Waals surface area contributed by atoms with Gasteiger partial charge in [-0.05, 0) is 62.5 Å². The first-order valence-corrected chi connectivity index (χ1v) is 13.4. The number of methoxy groups -OCH3 is 1. The highest BCUT2D eigenvalue weighted by Crippen LogP contribution is 2.42. The molecule has 1 spiro atoms. The van der Waals surface area contributed by atoms with E-state index in [0.717, 1.165) is 67.6 Å². The predicted molar refractivity (Wildman–Crippen MR) is 141 cm³/mol. The third-order valence-electron chi connectivity index (χ3n) is 7.61. The zero-order valence-electron chi connectivity index (χ0n) is 20.8. The summed E-state index contributed by atoms with van der Waals surface area (Å²) in [7, 11) is 1.67. The number of amides is 2. The summed E-state index contributed by atoms with van der Waals surface area (Å²) in [6, 6.07) is 16.0. The fourth-order valence-electron chi connectivity index (χ4n) is 5.39. The summed E-state index contributed by atoms with van der Waals surface area (Å²) in [5.41, 5.74) is 1.98. The molecular weight excluding hydrogens is 506 g/mol. The number of nitrogens with one attached hydrogen (secondary N) is 1. The van der Waals surface area contributed by atoms with Crippen LogP contribution in [0.25, 0.3) is 0 Å². The van der Waals surface area contributed by atoms with Gasteiger partial charge in [0.25, 0.3) is 0 Å². The number of carbonyl (C=O) groups excluding carboxylic acids is 2. The van der Waals surface area contributed by atoms with Gasteiger partial charge in [-0.3, -0.25) is 9.59 Å². The van der Waals surface area contributed by atoms with Gasteiger partial charge < -0.3 is 19.9 Å². The molecule has 1 unspecified atom stereocenters. The van der Waals surface area contributed by atoms with Crippen molar-refractivity contribution in [3.8, 4) is 5.75 Å². The number of halogens is 1. The van der Waals surface area contributed by atoms with Crippen LogP contribution in [0.2, 0.25) is 0 Å². The smallest absolute Gasteiger partial charge is 0.229 e. The Hall–Kier alpha value is -2.38. The van der Waals surface area contributed by atoms with Crippen molar-refractivity contribution in [2.75, 3.05) is 33.3 Å². The summed E-state index contributed by atoms with van der Waals surface area (Å²) in [6.45, 7) is 6.11. The first kappa shape index (κ1) is 25.7. The van der Waals surface area contributed by atoms with Crippen LogP contribution in [-0.4, -0.2) is 54.9 Å². The minimum absolute atomic E-state index is 0.0425. The van der Waals surface area contributed by atoms with E-state index >= 15 is 0 Å². The van der Waals surface area contributed by atoms with E-state index in [1.807, 2.05) is 48.2 Å². The third-order valence-corrected chi connectivity index (χ3v) is 8.13. The Bertz CT molecular complexity index is 1020. The number of carbonyl (C=O) groups is 2. The Morgan fingerprint density at radius 3 is 2.46 bits per heavy atom. The quantitative estimate of drug-likeness (QED) is 0.488. The average Bonchev–Trinajstić information content (AvgIpc) is 3.18. The van der Waals surface area contributed by atoms with Crippen LogP contribution >= 0.6 is 15.9 Å². The molecule has 0 aliphatic carbocycles. The highest BCUT2D eigenvalue weighted by atomic mass is 79.9. The molecule has 2 aliphatic heterocycles. The Morgan fingerprint density at radius 2 is 1.77 bits per heavy atom. The van der Waals surface area contributed by atoms with Gasteiger partial charge in [0.05, 0.1) is 18.6 Å². The van der Waals surface area contributed by atoms with Crippen molar-refractivity contribution in [3.05, 3.63) is 64.1 Å². The Morgan fingerprint density at radius 1 is 1.09 bits per heavy atom. The second-order valence-electron chi connectivity index (χ2n) is 9.73. The number of hydrogen-bond acceptors (Lipinski definition) is 4. The second-order valence-corrected chi connectivity index (χ2v) is 10.6. The van der Waals surface area contributed by atoms with Gasteiger partial charge in [0.2, 0.25) is 11.8 Å². The van der Waals surface area contributed by atoms with Crippen LogP contribution in [0.4, 0.5) is 0 Å². The number of para-hydroxylation sites is 1. The molecule has 2 amide bonds. The van der Waals surface area contributed by atoms with Crippen molar-refractivity contribution in [3.63, 3.8) is 0 Å². The lowest BCUT2D eigenvalue weighted by molar-refractivity contribution is -0.139. The van der Waals surface area contributed by atoms with Gasteiger partial charge in [0.1, 0.15) is 5.75 Å². The molecule has 1 N–H and O–H groups in total. The lowest BCUT2D eigenvalue weighted by Crippen LogP contribution is -2.45. The van der Waals surface area contributed by atoms with Crippen LogP contribution in [0.5, 0.6) is 5.75 Å². The summed E-state index contributed by atoms with van der Waals surface area (Å²) in [6.07, 6.45) is 4.03. The molecule has 0 saturated carbocycles. The normalized spacial score (nSPS) is 18.6. The van der Waals surface area contributed by atoms with E-state index in [0.29, 0.717) is 18.9 Å². The van der Waals surface area contributed by atoms with Crippen LogP contribution in [-0.2, 0) is 16.1 Å². The summed E-state index contributed by atoms with van der Waals surface area (Å²) < 4.78 is 6.61. The predicted octanol–water partition coefficient (Wildman–Crippen LogP) is 4.93. The fourth-order valence-corrected chi connectivity index (χ4v) is 5.65. The van der Waals surface area contributed by atoms with E-state index in [4.69, 9.17) is 4.74 Å².